The Labute approximate surface area is 183 Å². The topological polar surface area (TPSA) is 58.1 Å². The summed E-state index contributed by atoms with van der Waals surface area (Å²) in [6, 6.07) is 0.802. The third-order valence-electron chi connectivity index (χ3n) is 5.49. The standard InChI is InChI=1S/C20H40N4O2.HI/c1-21-20(23-13-8-15-25-17-19-11-6-16-26-19)22-12-7-14-24(2)18-9-4-3-5-10-18;/h18-19H,3-17H2,1-2H3,(H2,21,22,23);1H. The Kier molecular flexibility index (Phi) is 14.5. The molecule has 0 radical (unpaired) electrons. The molecule has 2 N–H and O–H groups in total. The van der Waals surface area contributed by atoms with Gasteiger partial charge in [-0.25, -0.2) is 0 Å². The molecule has 0 aromatic carbocycles. The summed E-state index contributed by atoms with van der Waals surface area (Å²) in [5, 5.41) is 6.78. The lowest BCUT2D eigenvalue weighted by Gasteiger charge is -2.31. The molecule has 0 aromatic rings. The minimum absolute atomic E-state index is 0. The van der Waals surface area contributed by atoms with Gasteiger partial charge < -0.3 is 25.0 Å². The monoisotopic (exact) mass is 496 g/mol. The highest BCUT2D eigenvalue weighted by Gasteiger charge is 2.17. The van der Waals surface area contributed by atoms with E-state index in [1.807, 2.05) is 7.05 Å². The minimum atomic E-state index is 0. The maximum atomic E-state index is 5.68. The first-order valence-corrected chi connectivity index (χ1v) is 10.6. The number of aliphatic imine (C=N–C) groups is 1. The summed E-state index contributed by atoms with van der Waals surface area (Å²) in [7, 11) is 4.11. The second-order valence-electron chi connectivity index (χ2n) is 7.62. The fourth-order valence-electron chi connectivity index (χ4n) is 3.83. The quantitative estimate of drug-likeness (QED) is 0.199. The zero-order chi connectivity index (χ0) is 18.5. The molecule has 0 aromatic heterocycles. The van der Waals surface area contributed by atoms with Crippen molar-refractivity contribution in [3.05, 3.63) is 0 Å². The molecule has 0 amide bonds. The van der Waals surface area contributed by atoms with Gasteiger partial charge in [-0.3, -0.25) is 4.99 Å². The SMILES string of the molecule is CN=C(NCCCOCC1CCCO1)NCCCN(C)C1CCCCC1.I. The first-order valence-electron chi connectivity index (χ1n) is 10.6. The average Bonchev–Trinajstić information content (AvgIpc) is 3.20. The van der Waals surface area contributed by atoms with Crippen molar-refractivity contribution in [1.29, 1.82) is 0 Å². The largest absolute Gasteiger partial charge is 0.379 e. The molecule has 6 nitrogen and oxygen atoms in total. The third kappa shape index (κ3) is 10.9. The first-order chi connectivity index (χ1) is 12.8. The van der Waals surface area contributed by atoms with E-state index in [9.17, 15) is 0 Å². The zero-order valence-electron chi connectivity index (χ0n) is 17.4. The predicted molar refractivity (Wildman–Crippen MR) is 123 cm³/mol. The molecule has 1 heterocycles. The maximum Gasteiger partial charge on any atom is 0.190 e. The lowest BCUT2D eigenvalue weighted by molar-refractivity contribution is 0.0168. The number of nitrogens with one attached hydrogen (secondary N) is 2. The summed E-state index contributed by atoms with van der Waals surface area (Å²) >= 11 is 0. The molecular weight excluding hydrogens is 455 g/mol. The van der Waals surface area contributed by atoms with Crippen LogP contribution in [0.1, 0.15) is 57.8 Å². The Balaban J connectivity index is 0.00000364. The number of rotatable bonds is 11. The van der Waals surface area contributed by atoms with Gasteiger partial charge in [0.05, 0.1) is 12.7 Å². The number of hydrogen-bond donors (Lipinski definition) is 2. The minimum Gasteiger partial charge on any atom is -0.379 e. The summed E-state index contributed by atoms with van der Waals surface area (Å²) in [6.07, 6.45) is 11.8. The van der Waals surface area contributed by atoms with E-state index < -0.39 is 0 Å². The van der Waals surface area contributed by atoms with Gasteiger partial charge in [0.2, 0.25) is 0 Å². The molecule has 1 atom stereocenters. The van der Waals surface area contributed by atoms with Crippen LogP contribution in [0.2, 0.25) is 0 Å². The van der Waals surface area contributed by atoms with Crippen LogP contribution >= 0.6 is 24.0 Å². The molecule has 0 spiro atoms. The summed E-state index contributed by atoms with van der Waals surface area (Å²) in [5.74, 6) is 0.893. The molecule has 2 rings (SSSR count). The van der Waals surface area contributed by atoms with Gasteiger partial charge in [0.1, 0.15) is 0 Å². The fourth-order valence-corrected chi connectivity index (χ4v) is 3.83. The molecule has 27 heavy (non-hydrogen) atoms. The van der Waals surface area contributed by atoms with E-state index in [-0.39, 0.29) is 24.0 Å². The van der Waals surface area contributed by atoms with Crippen molar-refractivity contribution >= 4 is 29.9 Å². The van der Waals surface area contributed by atoms with Gasteiger partial charge in [0.15, 0.2) is 5.96 Å². The molecule has 7 heteroatoms. The fraction of sp³-hybridized carbons (Fsp3) is 0.950. The highest BCUT2D eigenvalue weighted by Crippen LogP contribution is 2.21. The van der Waals surface area contributed by atoms with E-state index in [2.05, 4.69) is 27.6 Å². The van der Waals surface area contributed by atoms with Crippen LogP contribution in [0, 0.1) is 0 Å². The summed E-state index contributed by atoms with van der Waals surface area (Å²) in [5.41, 5.74) is 0. The Hall–Kier alpha value is -0.120. The van der Waals surface area contributed by atoms with Crippen molar-refractivity contribution in [2.45, 2.75) is 69.9 Å². The van der Waals surface area contributed by atoms with Crippen molar-refractivity contribution in [2.24, 2.45) is 4.99 Å². The lowest BCUT2D eigenvalue weighted by atomic mass is 9.94. The maximum absolute atomic E-state index is 5.68. The first kappa shape index (κ1) is 24.9. The van der Waals surface area contributed by atoms with Gasteiger partial charge in [-0.1, -0.05) is 19.3 Å². The number of halogens is 1. The van der Waals surface area contributed by atoms with Crippen molar-refractivity contribution in [2.75, 3.05) is 53.6 Å². The molecule has 2 aliphatic rings. The highest BCUT2D eigenvalue weighted by molar-refractivity contribution is 14.0. The predicted octanol–water partition coefficient (Wildman–Crippen LogP) is 3.01. The summed E-state index contributed by atoms with van der Waals surface area (Å²) in [4.78, 5) is 6.84. The zero-order valence-corrected chi connectivity index (χ0v) is 19.7. The van der Waals surface area contributed by atoms with Gasteiger partial charge in [-0.2, -0.15) is 0 Å². The van der Waals surface area contributed by atoms with Gasteiger partial charge in [0, 0.05) is 39.4 Å². The second-order valence-corrected chi connectivity index (χ2v) is 7.62. The molecular formula is C20H41IN4O2. The molecule has 1 aliphatic carbocycles. The van der Waals surface area contributed by atoms with E-state index in [0.29, 0.717) is 6.10 Å². The second kappa shape index (κ2) is 15.8. The van der Waals surface area contributed by atoms with E-state index in [1.54, 1.807) is 0 Å². The van der Waals surface area contributed by atoms with Crippen LogP contribution in [0.15, 0.2) is 4.99 Å². The Morgan fingerprint density at radius 2 is 1.81 bits per heavy atom. The normalized spacial score (nSPS) is 21.3. The molecule has 1 unspecified atom stereocenters. The molecule has 1 saturated heterocycles. The molecule has 1 aliphatic heterocycles. The van der Waals surface area contributed by atoms with Crippen LogP contribution in [0.4, 0.5) is 0 Å². The molecule has 160 valence electrons. The Bertz CT molecular complexity index is 386. The van der Waals surface area contributed by atoms with Crippen molar-refractivity contribution < 1.29 is 9.47 Å². The third-order valence-corrected chi connectivity index (χ3v) is 5.49. The number of nitrogens with zero attached hydrogens (tertiary/aromatic N) is 2. The lowest BCUT2D eigenvalue weighted by Crippen LogP contribution is -2.40. The summed E-state index contributed by atoms with van der Waals surface area (Å²) < 4.78 is 11.2. The smallest absolute Gasteiger partial charge is 0.190 e. The Morgan fingerprint density at radius 1 is 1.07 bits per heavy atom. The number of ether oxygens (including phenoxy) is 2. The molecule has 2 fully saturated rings. The van der Waals surface area contributed by atoms with E-state index in [0.717, 1.165) is 70.7 Å². The van der Waals surface area contributed by atoms with E-state index in [1.165, 1.54) is 38.5 Å². The van der Waals surface area contributed by atoms with E-state index >= 15 is 0 Å². The van der Waals surface area contributed by atoms with E-state index in [4.69, 9.17) is 9.47 Å². The van der Waals surface area contributed by atoms with Crippen LogP contribution in [0.5, 0.6) is 0 Å². The molecule has 0 bridgehead atoms. The van der Waals surface area contributed by atoms with Crippen LogP contribution in [0.3, 0.4) is 0 Å². The van der Waals surface area contributed by atoms with Gasteiger partial charge in [-0.05, 0) is 52.1 Å². The van der Waals surface area contributed by atoms with Crippen molar-refractivity contribution in [3.8, 4) is 0 Å². The van der Waals surface area contributed by atoms with Gasteiger partial charge in [0.25, 0.3) is 0 Å². The number of guanidine groups is 1. The van der Waals surface area contributed by atoms with Crippen molar-refractivity contribution in [1.82, 2.24) is 15.5 Å². The van der Waals surface area contributed by atoms with Gasteiger partial charge in [-0.15, -0.1) is 24.0 Å². The van der Waals surface area contributed by atoms with Crippen LogP contribution in [-0.4, -0.2) is 76.6 Å². The Morgan fingerprint density at radius 3 is 2.48 bits per heavy atom. The van der Waals surface area contributed by atoms with Crippen molar-refractivity contribution in [3.63, 3.8) is 0 Å². The summed E-state index contributed by atoms with van der Waals surface area (Å²) in [6.45, 7) is 5.41. The van der Waals surface area contributed by atoms with Crippen LogP contribution < -0.4 is 10.6 Å². The highest BCUT2D eigenvalue weighted by atomic mass is 127. The van der Waals surface area contributed by atoms with Crippen LogP contribution in [0.25, 0.3) is 0 Å². The molecule has 1 saturated carbocycles. The van der Waals surface area contributed by atoms with Crippen LogP contribution in [-0.2, 0) is 9.47 Å². The van der Waals surface area contributed by atoms with Gasteiger partial charge >= 0.3 is 0 Å². The average molecular weight is 496 g/mol. The number of hydrogen-bond acceptors (Lipinski definition) is 4.